The standard InChI is InChI=1S/C10H8N4O3S/c15-7-3-5(1-2-6(7)9(16)17)12-8-4-11-14-10(18)13-8/h1-4,15H,(H,16,17)(H2,12,13,14,18). The van der Waals surface area contributed by atoms with E-state index < -0.39 is 5.97 Å². The van der Waals surface area contributed by atoms with E-state index in [9.17, 15) is 9.90 Å². The molecule has 0 fully saturated rings. The number of aromatic hydroxyl groups is 1. The molecule has 0 atom stereocenters. The summed E-state index contributed by atoms with van der Waals surface area (Å²) in [5, 5.41) is 27.3. The third-order valence-electron chi connectivity index (χ3n) is 2.07. The fourth-order valence-electron chi connectivity index (χ4n) is 1.31. The van der Waals surface area contributed by atoms with Crippen molar-refractivity contribution in [3.05, 3.63) is 34.7 Å². The maximum Gasteiger partial charge on any atom is 0.339 e. The molecule has 0 bridgehead atoms. The number of rotatable bonds is 3. The van der Waals surface area contributed by atoms with Gasteiger partial charge in [-0.3, -0.25) is 5.10 Å². The fraction of sp³-hybridized carbons (Fsp3) is 0. The van der Waals surface area contributed by atoms with E-state index in [-0.39, 0.29) is 16.1 Å². The Morgan fingerprint density at radius 1 is 1.44 bits per heavy atom. The van der Waals surface area contributed by atoms with Crippen LogP contribution >= 0.6 is 12.2 Å². The number of nitrogens with zero attached hydrogens (tertiary/aromatic N) is 2. The van der Waals surface area contributed by atoms with E-state index >= 15 is 0 Å². The molecule has 4 N–H and O–H groups in total. The summed E-state index contributed by atoms with van der Waals surface area (Å²) in [5.41, 5.74) is 0.310. The van der Waals surface area contributed by atoms with Crippen molar-refractivity contribution < 1.29 is 15.0 Å². The quantitative estimate of drug-likeness (QED) is 0.624. The Morgan fingerprint density at radius 3 is 2.83 bits per heavy atom. The van der Waals surface area contributed by atoms with Gasteiger partial charge in [-0.25, -0.2) is 4.79 Å². The molecule has 0 amide bonds. The van der Waals surface area contributed by atoms with Gasteiger partial charge < -0.3 is 15.5 Å². The lowest BCUT2D eigenvalue weighted by atomic mass is 10.2. The number of carbonyl (C=O) groups is 1. The lowest BCUT2D eigenvalue weighted by molar-refractivity contribution is 0.0694. The van der Waals surface area contributed by atoms with Crippen LogP contribution in [0.4, 0.5) is 11.5 Å². The predicted octanol–water partition coefficient (Wildman–Crippen LogP) is 1.68. The molecular formula is C10H8N4O3S. The number of aromatic carboxylic acids is 1. The third kappa shape index (κ3) is 2.61. The van der Waals surface area contributed by atoms with Crippen LogP contribution in [0.5, 0.6) is 5.75 Å². The number of phenols is 1. The zero-order chi connectivity index (χ0) is 13.1. The van der Waals surface area contributed by atoms with Crippen molar-refractivity contribution in [2.45, 2.75) is 0 Å². The molecule has 0 unspecified atom stereocenters. The lowest BCUT2D eigenvalue weighted by Crippen LogP contribution is -1.99. The predicted molar refractivity (Wildman–Crippen MR) is 65.6 cm³/mol. The van der Waals surface area contributed by atoms with Crippen LogP contribution in [0.3, 0.4) is 0 Å². The number of nitrogens with one attached hydrogen (secondary N) is 2. The van der Waals surface area contributed by atoms with Gasteiger partial charge in [0, 0.05) is 11.8 Å². The topological polar surface area (TPSA) is 111 Å². The van der Waals surface area contributed by atoms with Gasteiger partial charge in [-0.1, -0.05) is 0 Å². The summed E-state index contributed by atoms with van der Waals surface area (Å²) in [5.74, 6) is -1.14. The number of H-pyrrole nitrogens is 1. The minimum Gasteiger partial charge on any atom is -0.507 e. The Morgan fingerprint density at radius 2 is 2.22 bits per heavy atom. The van der Waals surface area contributed by atoms with Crippen molar-refractivity contribution in [2.24, 2.45) is 0 Å². The number of hydrogen-bond acceptors (Lipinski definition) is 6. The summed E-state index contributed by atoms with van der Waals surface area (Å²) >= 11 is 4.80. The molecule has 0 aliphatic rings. The minimum atomic E-state index is -1.19. The number of carboxylic acid groups (broad SMARTS) is 1. The molecule has 2 aromatic rings. The van der Waals surface area contributed by atoms with Crippen molar-refractivity contribution in [3.8, 4) is 5.75 Å². The molecule has 0 aliphatic carbocycles. The highest BCUT2D eigenvalue weighted by molar-refractivity contribution is 7.71. The average molecular weight is 264 g/mol. The van der Waals surface area contributed by atoms with E-state index in [1.165, 1.54) is 24.4 Å². The van der Waals surface area contributed by atoms with Gasteiger partial charge in [-0.2, -0.15) is 10.1 Å². The molecule has 0 spiro atoms. The number of carboxylic acids is 1. The van der Waals surface area contributed by atoms with Crippen molar-refractivity contribution in [1.82, 2.24) is 15.2 Å². The van der Waals surface area contributed by atoms with Crippen molar-refractivity contribution in [3.63, 3.8) is 0 Å². The summed E-state index contributed by atoms with van der Waals surface area (Å²) in [7, 11) is 0. The minimum absolute atomic E-state index is 0.169. The van der Waals surface area contributed by atoms with Crippen LogP contribution in [0, 0.1) is 4.77 Å². The molecule has 1 heterocycles. The maximum absolute atomic E-state index is 10.7. The summed E-state index contributed by atoms with van der Waals surface area (Å²) < 4.78 is 0.214. The summed E-state index contributed by atoms with van der Waals surface area (Å²) in [6.07, 6.45) is 1.41. The van der Waals surface area contributed by atoms with Gasteiger partial charge in [-0.15, -0.1) is 0 Å². The van der Waals surface area contributed by atoms with E-state index in [4.69, 9.17) is 17.3 Å². The van der Waals surface area contributed by atoms with Crippen LogP contribution in [-0.2, 0) is 0 Å². The highest BCUT2D eigenvalue weighted by Gasteiger charge is 2.09. The highest BCUT2D eigenvalue weighted by atomic mass is 32.1. The zero-order valence-electron chi connectivity index (χ0n) is 8.91. The van der Waals surface area contributed by atoms with Crippen LogP contribution in [0.25, 0.3) is 0 Å². The molecule has 1 aromatic carbocycles. The second-order valence-electron chi connectivity index (χ2n) is 3.33. The Kier molecular flexibility index (Phi) is 3.20. The molecule has 92 valence electrons. The largest absolute Gasteiger partial charge is 0.507 e. The number of aromatic nitrogens is 3. The van der Waals surface area contributed by atoms with Crippen LogP contribution < -0.4 is 5.32 Å². The number of hydrogen-bond donors (Lipinski definition) is 4. The van der Waals surface area contributed by atoms with Crippen LogP contribution in [-0.4, -0.2) is 31.4 Å². The average Bonchev–Trinajstić information content (AvgIpc) is 2.28. The number of benzene rings is 1. The van der Waals surface area contributed by atoms with Crippen molar-refractivity contribution in [1.29, 1.82) is 0 Å². The second-order valence-corrected chi connectivity index (χ2v) is 3.72. The zero-order valence-corrected chi connectivity index (χ0v) is 9.73. The molecule has 0 radical (unpaired) electrons. The molecular weight excluding hydrogens is 256 g/mol. The van der Waals surface area contributed by atoms with Gasteiger partial charge in [0.25, 0.3) is 0 Å². The van der Waals surface area contributed by atoms with E-state index in [1.54, 1.807) is 0 Å². The van der Waals surface area contributed by atoms with Crippen LogP contribution in [0.1, 0.15) is 10.4 Å². The van der Waals surface area contributed by atoms with Crippen LogP contribution in [0.15, 0.2) is 24.4 Å². The number of anilines is 2. The Balaban J connectivity index is 2.28. The van der Waals surface area contributed by atoms with Gasteiger partial charge in [-0.05, 0) is 24.4 Å². The third-order valence-corrected chi connectivity index (χ3v) is 2.25. The molecule has 0 saturated carbocycles. The first-order valence-electron chi connectivity index (χ1n) is 4.81. The van der Waals surface area contributed by atoms with E-state index in [1.807, 2.05) is 0 Å². The fourth-order valence-corrected chi connectivity index (χ4v) is 1.46. The summed E-state index contributed by atoms with van der Waals surface area (Å²) in [6.45, 7) is 0. The van der Waals surface area contributed by atoms with Crippen molar-refractivity contribution in [2.75, 3.05) is 5.32 Å². The Bertz CT molecular complexity index is 656. The van der Waals surface area contributed by atoms with Gasteiger partial charge in [0.15, 0.2) is 5.82 Å². The summed E-state index contributed by atoms with van der Waals surface area (Å²) in [6, 6.07) is 4.08. The SMILES string of the molecule is O=C(O)c1ccc(Nc2cn[nH]c(=S)n2)cc1O. The monoisotopic (exact) mass is 264 g/mol. The first kappa shape index (κ1) is 12.0. The Hall–Kier alpha value is -2.48. The molecule has 1 aromatic heterocycles. The summed E-state index contributed by atoms with van der Waals surface area (Å²) in [4.78, 5) is 14.7. The molecule has 8 heteroatoms. The molecule has 2 rings (SSSR count). The van der Waals surface area contributed by atoms with Gasteiger partial charge >= 0.3 is 5.97 Å². The second kappa shape index (κ2) is 4.80. The smallest absolute Gasteiger partial charge is 0.339 e. The van der Waals surface area contributed by atoms with Gasteiger partial charge in [0.2, 0.25) is 4.77 Å². The normalized spacial score (nSPS) is 10.0. The molecule has 18 heavy (non-hydrogen) atoms. The Labute approximate surface area is 106 Å². The van der Waals surface area contributed by atoms with Gasteiger partial charge in [0.1, 0.15) is 11.3 Å². The first-order chi connectivity index (χ1) is 8.56. The highest BCUT2D eigenvalue weighted by Crippen LogP contribution is 2.23. The molecule has 0 aliphatic heterocycles. The molecule has 7 nitrogen and oxygen atoms in total. The van der Waals surface area contributed by atoms with Crippen LogP contribution in [0.2, 0.25) is 0 Å². The van der Waals surface area contributed by atoms with Gasteiger partial charge in [0.05, 0.1) is 6.20 Å². The number of aromatic amines is 1. The van der Waals surface area contributed by atoms with E-state index in [2.05, 4.69) is 20.5 Å². The van der Waals surface area contributed by atoms with E-state index in [0.717, 1.165) is 0 Å². The maximum atomic E-state index is 10.7. The van der Waals surface area contributed by atoms with Crippen molar-refractivity contribution >= 4 is 29.7 Å². The lowest BCUT2D eigenvalue weighted by Gasteiger charge is -2.06. The first-order valence-corrected chi connectivity index (χ1v) is 5.22. The molecule has 0 saturated heterocycles. The van der Waals surface area contributed by atoms with E-state index in [0.29, 0.717) is 11.5 Å².